The van der Waals surface area contributed by atoms with Crippen molar-refractivity contribution in [2.75, 3.05) is 0 Å². The normalized spacial score (nSPS) is 18.5. The van der Waals surface area contributed by atoms with Gasteiger partial charge in [0, 0.05) is 83.3 Å². The molecule has 4 heterocycles. The molecule has 5 heteroatoms. The third-order valence-corrected chi connectivity index (χ3v) is 22.0. The SMILES string of the molecule is N#Cc1cc2c(c3c1C1c4ccccc4C3c3ccccc31)c1c(-c3c(-c4ccccc4)ccc4oc5ccccc5c34)cc(-c3c(-c4ccccc4)ccc4oc5ccccc5c34)c3c4c5c(c(C#N)cc4n2c13)C1c2ccccc2C2c3ccccc3C521. The van der Waals surface area contributed by atoms with Gasteiger partial charge in [-0.3, -0.25) is 0 Å². The monoisotopic (exact) mass is 1140 g/mol. The Bertz CT molecular complexity index is 6230. The van der Waals surface area contributed by atoms with Crippen LogP contribution in [0.4, 0.5) is 0 Å². The van der Waals surface area contributed by atoms with E-state index in [9.17, 15) is 10.5 Å². The number of nitrogens with zero attached hydrogens (tertiary/aromatic N) is 3. The molecule has 0 fully saturated rings. The summed E-state index contributed by atoms with van der Waals surface area (Å²) in [6, 6.07) is 96.5. The first-order valence-corrected chi connectivity index (χ1v) is 31.2. The summed E-state index contributed by atoms with van der Waals surface area (Å²) in [4.78, 5) is 0. The van der Waals surface area contributed by atoms with Gasteiger partial charge in [0.1, 0.15) is 22.3 Å². The van der Waals surface area contributed by atoms with Gasteiger partial charge in [0.05, 0.1) is 39.8 Å². The zero-order valence-electron chi connectivity index (χ0n) is 48.1. The Morgan fingerprint density at radius 3 is 1.34 bits per heavy atom. The Hall–Kier alpha value is -11.8. The predicted molar refractivity (Wildman–Crippen MR) is 359 cm³/mol. The van der Waals surface area contributed by atoms with Crippen molar-refractivity contribution in [3.05, 3.63) is 327 Å². The molecule has 1 spiro atoms. The second-order valence-corrected chi connectivity index (χ2v) is 25.6. The summed E-state index contributed by atoms with van der Waals surface area (Å²) < 4.78 is 16.6. The lowest BCUT2D eigenvalue weighted by molar-refractivity contribution is 0.336. The van der Waals surface area contributed by atoms with Crippen LogP contribution in [0.25, 0.3) is 126 Å². The van der Waals surface area contributed by atoms with Crippen LogP contribution >= 0.6 is 0 Å². The number of aromatic nitrogens is 1. The first-order valence-electron chi connectivity index (χ1n) is 31.2. The molecule has 2 bridgehead atoms. The van der Waals surface area contributed by atoms with Crippen LogP contribution in [-0.4, -0.2) is 4.40 Å². The molecule has 4 aromatic heterocycles. The Balaban J connectivity index is 1.04. The van der Waals surface area contributed by atoms with Gasteiger partial charge in [-0.05, 0) is 143 Å². The molecule has 23 rings (SSSR count). The van der Waals surface area contributed by atoms with Crippen molar-refractivity contribution in [2.24, 2.45) is 0 Å². The lowest BCUT2D eigenvalue weighted by atomic mass is 9.42. The molecule has 0 amide bonds. The highest BCUT2D eigenvalue weighted by Gasteiger charge is 2.71. The summed E-state index contributed by atoms with van der Waals surface area (Å²) in [6.07, 6.45) is 0. The minimum atomic E-state index is -0.448. The molecule has 412 valence electrons. The van der Waals surface area contributed by atoms with Crippen LogP contribution in [0.5, 0.6) is 0 Å². The van der Waals surface area contributed by atoms with Gasteiger partial charge in [0.2, 0.25) is 0 Å². The average molecular weight is 1140 g/mol. The van der Waals surface area contributed by atoms with Crippen LogP contribution in [0.2, 0.25) is 0 Å². The van der Waals surface area contributed by atoms with Crippen LogP contribution in [0.1, 0.15) is 102 Å². The molecule has 90 heavy (non-hydrogen) atoms. The van der Waals surface area contributed by atoms with Crippen LogP contribution in [-0.2, 0) is 5.41 Å². The van der Waals surface area contributed by atoms with Crippen molar-refractivity contribution in [3.63, 3.8) is 0 Å². The van der Waals surface area contributed by atoms with Crippen molar-refractivity contribution < 1.29 is 8.83 Å². The zero-order chi connectivity index (χ0) is 58.6. The number of furan rings is 2. The number of rotatable bonds is 4. The summed E-state index contributed by atoms with van der Waals surface area (Å²) >= 11 is 0. The van der Waals surface area contributed by atoms with E-state index in [0.717, 1.165) is 138 Å². The van der Waals surface area contributed by atoms with Crippen molar-refractivity contribution in [2.45, 2.75) is 29.1 Å². The van der Waals surface area contributed by atoms with E-state index in [4.69, 9.17) is 8.83 Å². The molecule has 0 aliphatic heterocycles. The number of nitriles is 2. The summed E-state index contributed by atoms with van der Waals surface area (Å²) in [7, 11) is 0. The minimum absolute atomic E-state index is 0.0205. The number of para-hydroxylation sites is 2. The Labute approximate surface area is 515 Å². The smallest absolute Gasteiger partial charge is 0.136 e. The fraction of sp³-hybridized carbons (Fsp3) is 0.0588. The minimum Gasteiger partial charge on any atom is -0.456 e. The molecule has 0 radical (unpaired) electrons. The molecular weight excluding hydrogens is 1090 g/mol. The fourth-order valence-electron chi connectivity index (χ4n) is 19.1. The third-order valence-electron chi connectivity index (χ3n) is 22.0. The highest BCUT2D eigenvalue weighted by Crippen LogP contribution is 2.79. The summed E-state index contributed by atoms with van der Waals surface area (Å²) in [5.41, 5.74) is 30.8. The summed E-state index contributed by atoms with van der Waals surface area (Å²) in [5, 5.41) is 32.7. The standard InChI is InChI=1S/C85H45N3O2/c86-42-46-39-62-78(80-68(46)72-50-23-7-9-25-52(50)73(80)53-26-10-8-24-51(53)72)76-59(70-48(44-19-3-1-4-20-44)35-37-66-74(70)57-30-14-17-33-64(57)89-66)41-60(71-49(45-21-5-2-6-22-45)36-38-67-75(71)58-31-15-18-34-65(58)90-67)77-79-63(88(62)84(76)77)40-47(43-87)69-82-55-28-12-11-27-54(55)81-56-29-13-16-32-61(56)85(81,82)83(69)79/h1-41,72-73,81-82H. The topological polar surface area (TPSA) is 78.3 Å². The van der Waals surface area contributed by atoms with Crippen molar-refractivity contribution in [3.8, 4) is 56.6 Å². The van der Waals surface area contributed by atoms with Gasteiger partial charge in [0.15, 0.2) is 0 Å². The Kier molecular flexibility index (Phi) is 8.66. The second kappa shape index (κ2) is 16.4. The second-order valence-electron chi connectivity index (χ2n) is 25.6. The third kappa shape index (κ3) is 5.34. The van der Waals surface area contributed by atoms with Gasteiger partial charge in [-0.1, -0.05) is 206 Å². The summed E-state index contributed by atoms with van der Waals surface area (Å²) in [5.74, 6) is -0.292. The van der Waals surface area contributed by atoms with Crippen LogP contribution in [0.3, 0.4) is 0 Å². The predicted octanol–water partition coefficient (Wildman–Crippen LogP) is 20.9. The first kappa shape index (κ1) is 47.4. The van der Waals surface area contributed by atoms with Gasteiger partial charge in [-0.15, -0.1) is 0 Å². The number of fused-ring (bicyclic) bond motifs is 20. The van der Waals surface area contributed by atoms with Crippen molar-refractivity contribution in [1.82, 2.24) is 4.40 Å². The molecule has 3 atom stereocenters. The molecule has 3 unspecified atom stereocenters. The van der Waals surface area contributed by atoms with Gasteiger partial charge in [0.25, 0.3) is 0 Å². The van der Waals surface area contributed by atoms with E-state index in [1.165, 1.54) is 55.6 Å². The number of hydrogen-bond acceptors (Lipinski definition) is 4. The summed E-state index contributed by atoms with van der Waals surface area (Å²) in [6.45, 7) is 0. The Morgan fingerprint density at radius 2 is 0.789 bits per heavy atom. The fourth-order valence-corrected chi connectivity index (χ4v) is 19.1. The molecule has 6 aliphatic rings. The van der Waals surface area contributed by atoms with E-state index in [-0.39, 0.29) is 23.7 Å². The van der Waals surface area contributed by atoms with Crippen LogP contribution in [0, 0.1) is 22.7 Å². The molecule has 0 saturated heterocycles. The van der Waals surface area contributed by atoms with Crippen molar-refractivity contribution >= 4 is 82.0 Å². The first-order chi connectivity index (χ1) is 44.6. The molecule has 5 nitrogen and oxygen atoms in total. The lowest BCUT2D eigenvalue weighted by Gasteiger charge is -2.59. The van der Waals surface area contributed by atoms with Gasteiger partial charge in [-0.25, -0.2) is 0 Å². The number of hydrogen-bond donors (Lipinski definition) is 0. The van der Waals surface area contributed by atoms with Crippen LogP contribution < -0.4 is 0 Å². The van der Waals surface area contributed by atoms with Gasteiger partial charge >= 0.3 is 0 Å². The van der Waals surface area contributed by atoms with Gasteiger partial charge in [-0.2, -0.15) is 10.5 Å². The van der Waals surface area contributed by atoms with E-state index >= 15 is 0 Å². The molecule has 6 aliphatic carbocycles. The quantitative estimate of drug-likeness (QED) is 0.176. The van der Waals surface area contributed by atoms with E-state index in [1.807, 2.05) is 0 Å². The maximum absolute atomic E-state index is 12.0. The number of benzene rings is 13. The van der Waals surface area contributed by atoms with Crippen molar-refractivity contribution in [1.29, 1.82) is 10.5 Å². The van der Waals surface area contributed by atoms with E-state index < -0.39 is 5.41 Å². The molecular formula is C85H45N3O2. The zero-order valence-corrected chi connectivity index (χ0v) is 48.1. The lowest BCUT2D eigenvalue weighted by Crippen LogP contribution is -2.53. The maximum atomic E-state index is 12.0. The Morgan fingerprint density at radius 1 is 0.344 bits per heavy atom. The van der Waals surface area contributed by atoms with E-state index in [1.54, 1.807) is 0 Å². The molecule has 17 aromatic rings. The average Bonchev–Trinajstić information content (AvgIpc) is 1.38. The molecule has 0 N–H and O–H groups in total. The van der Waals surface area contributed by atoms with E-state index in [2.05, 4.69) is 265 Å². The van der Waals surface area contributed by atoms with E-state index in [0.29, 0.717) is 11.1 Å². The maximum Gasteiger partial charge on any atom is 0.136 e. The molecule has 0 saturated carbocycles. The molecule has 13 aromatic carbocycles. The largest absolute Gasteiger partial charge is 0.456 e. The van der Waals surface area contributed by atoms with Gasteiger partial charge < -0.3 is 13.2 Å². The highest BCUT2D eigenvalue weighted by molar-refractivity contribution is 6.36. The highest BCUT2D eigenvalue weighted by atomic mass is 16.3. The van der Waals surface area contributed by atoms with Crippen LogP contribution in [0.15, 0.2) is 258 Å².